The summed E-state index contributed by atoms with van der Waals surface area (Å²) >= 11 is 0. The first-order valence-corrected chi connectivity index (χ1v) is 16.0. The highest BCUT2D eigenvalue weighted by molar-refractivity contribution is 5.66. The lowest BCUT2D eigenvalue weighted by molar-refractivity contribution is -0.435. The maximum atomic E-state index is 12.5. The highest BCUT2D eigenvalue weighted by atomic mass is 16.5. The summed E-state index contributed by atoms with van der Waals surface area (Å²) in [5.74, 6) is 0.0617. The van der Waals surface area contributed by atoms with Crippen molar-refractivity contribution >= 4 is 23.3 Å². The predicted octanol–water partition coefficient (Wildman–Crippen LogP) is 9.56. The molecule has 0 atom stereocenters. The summed E-state index contributed by atoms with van der Waals surface area (Å²) in [7, 11) is 0. The van der Waals surface area contributed by atoms with Gasteiger partial charge in [0.25, 0.3) is 0 Å². The van der Waals surface area contributed by atoms with Crippen molar-refractivity contribution in [2.24, 2.45) is 5.11 Å². The summed E-state index contributed by atoms with van der Waals surface area (Å²) in [4.78, 5) is 21.6. The fourth-order valence-electron chi connectivity index (χ4n) is 4.70. The van der Waals surface area contributed by atoms with Crippen LogP contribution in [0.25, 0.3) is 0 Å². The predicted molar refractivity (Wildman–Crippen MR) is 168 cm³/mol. The number of benzene rings is 2. The molecule has 0 aliphatic heterocycles. The standard InChI is InChI=1S/C34H50N2O7/c37-33(38)17-13-9-5-1-3-7-11-15-27-42-31-23-19-29(20-24-31)35-36(41)30-21-25-32(26-22-30)43-28-16-12-8-4-2-6-10-14-18-34(39)40/h19-26H,1-18,27-28H2,(H,37,38)(H,39,40). The number of ether oxygens (including phenoxy) is 2. The molecular weight excluding hydrogens is 548 g/mol. The Morgan fingerprint density at radius 3 is 1.30 bits per heavy atom. The molecule has 9 nitrogen and oxygen atoms in total. The highest BCUT2D eigenvalue weighted by Crippen LogP contribution is 2.23. The SMILES string of the molecule is O=C(O)CCCCCCCCCCOc1ccc(N=[N+]([O-])c2ccc(OCCCCCCCCCCC(=O)O)cc2)cc1. The molecule has 238 valence electrons. The Kier molecular flexibility index (Phi) is 19.0. The van der Waals surface area contributed by atoms with E-state index in [2.05, 4.69) is 5.11 Å². The Hall–Kier alpha value is -3.62. The van der Waals surface area contributed by atoms with Gasteiger partial charge in [-0.05, 0) is 62.1 Å². The second kappa shape index (κ2) is 22.9. The van der Waals surface area contributed by atoms with E-state index in [1.165, 1.54) is 12.8 Å². The number of nitrogens with zero attached hydrogens (tertiary/aromatic N) is 2. The van der Waals surface area contributed by atoms with Crippen LogP contribution in [0.5, 0.6) is 11.5 Å². The van der Waals surface area contributed by atoms with E-state index < -0.39 is 11.9 Å². The van der Waals surface area contributed by atoms with Gasteiger partial charge in [0.05, 0.1) is 13.2 Å². The normalized spacial score (nSPS) is 11.4. The number of carbonyl (C=O) groups is 2. The van der Waals surface area contributed by atoms with Crippen LogP contribution in [-0.2, 0) is 9.59 Å². The number of rotatable bonds is 26. The van der Waals surface area contributed by atoms with Gasteiger partial charge in [-0.25, -0.2) is 0 Å². The number of carboxylic acids is 2. The number of aliphatic carboxylic acids is 2. The molecule has 0 saturated heterocycles. The zero-order valence-electron chi connectivity index (χ0n) is 25.6. The van der Waals surface area contributed by atoms with Crippen molar-refractivity contribution in [3.63, 3.8) is 0 Å². The maximum absolute atomic E-state index is 12.5. The lowest BCUT2D eigenvalue weighted by Gasteiger charge is -2.07. The molecule has 0 fully saturated rings. The third-order valence-electron chi connectivity index (χ3n) is 7.21. The summed E-state index contributed by atoms with van der Waals surface area (Å²) in [5.41, 5.74) is 0.975. The van der Waals surface area contributed by atoms with Crippen LogP contribution in [0.15, 0.2) is 53.6 Å². The molecule has 0 aromatic heterocycles. The molecule has 0 amide bonds. The first-order chi connectivity index (χ1) is 20.9. The summed E-state index contributed by atoms with van der Waals surface area (Å²) in [6.45, 7) is 1.28. The molecule has 2 aromatic rings. The van der Waals surface area contributed by atoms with Crippen molar-refractivity contribution in [3.05, 3.63) is 53.7 Å². The van der Waals surface area contributed by atoms with Gasteiger partial charge in [-0.3, -0.25) is 9.59 Å². The van der Waals surface area contributed by atoms with Gasteiger partial charge in [-0.1, -0.05) is 81.9 Å². The van der Waals surface area contributed by atoms with Crippen LogP contribution in [0, 0.1) is 5.21 Å². The van der Waals surface area contributed by atoms with Gasteiger partial charge < -0.3 is 24.9 Å². The lowest BCUT2D eigenvalue weighted by atomic mass is 10.1. The van der Waals surface area contributed by atoms with E-state index in [1.54, 1.807) is 36.4 Å². The largest absolute Gasteiger partial charge is 0.594 e. The Balaban J connectivity index is 1.54. The van der Waals surface area contributed by atoms with Gasteiger partial charge in [0.15, 0.2) is 0 Å². The quantitative estimate of drug-likeness (QED) is 0.0477. The van der Waals surface area contributed by atoms with E-state index in [0.717, 1.165) is 101 Å². The smallest absolute Gasteiger partial charge is 0.303 e. The van der Waals surface area contributed by atoms with Crippen LogP contribution in [0.1, 0.15) is 116 Å². The number of azo groups is 1. The molecule has 0 aliphatic rings. The zero-order valence-corrected chi connectivity index (χ0v) is 25.6. The summed E-state index contributed by atoms with van der Waals surface area (Å²) < 4.78 is 11.6. The van der Waals surface area contributed by atoms with Gasteiger partial charge >= 0.3 is 11.9 Å². The number of carboxylic acid groups (broad SMARTS) is 2. The van der Waals surface area contributed by atoms with E-state index >= 15 is 0 Å². The van der Waals surface area contributed by atoms with Gasteiger partial charge in [-0.2, -0.15) is 0 Å². The number of hydrogen-bond donors (Lipinski definition) is 2. The van der Waals surface area contributed by atoms with E-state index in [1.807, 2.05) is 12.1 Å². The van der Waals surface area contributed by atoms with Gasteiger partial charge in [-0.15, -0.1) is 0 Å². The van der Waals surface area contributed by atoms with Gasteiger partial charge in [0, 0.05) is 30.1 Å². The fraction of sp³-hybridized carbons (Fsp3) is 0.588. The topological polar surface area (TPSA) is 131 Å². The maximum Gasteiger partial charge on any atom is 0.303 e. The van der Waals surface area contributed by atoms with Gasteiger partial charge in [0.1, 0.15) is 17.2 Å². The molecule has 43 heavy (non-hydrogen) atoms. The minimum Gasteiger partial charge on any atom is -0.594 e. The Labute approximate surface area is 256 Å². The average molecular weight is 599 g/mol. The van der Waals surface area contributed by atoms with E-state index in [-0.39, 0.29) is 12.8 Å². The van der Waals surface area contributed by atoms with E-state index in [0.29, 0.717) is 29.4 Å². The molecule has 9 heteroatoms. The van der Waals surface area contributed by atoms with Crippen molar-refractivity contribution in [1.82, 2.24) is 0 Å². The molecule has 0 spiro atoms. The molecule has 0 unspecified atom stereocenters. The van der Waals surface area contributed by atoms with Crippen LogP contribution in [0.2, 0.25) is 0 Å². The summed E-state index contributed by atoms with van der Waals surface area (Å²) in [6.07, 6.45) is 17.4. The van der Waals surface area contributed by atoms with Crippen LogP contribution >= 0.6 is 0 Å². The first kappa shape index (κ1) is 35.6. The molecule has 2 rings (SSSR count). The molecule has 0 radical (unpaired) electrons. The Morgan fingerprint density at radius 2 is 0.907 bits per heavy atom. The van der Waals surface area contributed by atoms with Gasteiger partial charge in [0.2, 0.25) is 5.69 Å². The molecular formula is C34H50N2O7. The van der Waals surface area contributed by atoms with E-state index in [9.17, 15) is 14.8 Å². The van der Waals surface area contributed by atoms with Crippen LogP contribution in [0.3, 0.4) is 0 Å². The molecule has 0 heterocycles. The Morgan fingerprint density at radius 1 is 0.558 bits per heavy atom. The van der Waals surface area contributed by atoms with Crippen molar-refractivity contribution in [2.75, 3.05) is 13.2 Å². The van der Waals surface area contributed by atoms with Crippen molar-refractivity contribution < 1.29 is 34.1 Å². The fourth-order valence-corrected chi connectivity index (χ4v) is 4.70. The summed E-state index contributed by atoms with van der Waals surface area (Å²) in [6, 6.07) is 14.1. The number of hydrogen-bond acceptors (Lipinski definition) is 6. The van der Waals surface area contributed by atoms with Crippen LogP contribution in [0.4, 0.5) is 11.4 Å². The molecule has 2 N–H and O–H groups in total. The minimum atomic E-state index is -0.710. The van der Waals surface area contributed by atoms with Crippen LogP contribution < -0.4 is 9.47 Å². The second-order valence-corrected chi connectivity index (χ2v) is 11.0. The number of unbranched alkanes of at least 4 members (excludes halogenated alkanes) is 14. The van der Waals surface area contributed by atoms with Crippen molar-refractivity contribution in [1.29, 1.82) is 0 Å². The van der Waals surface area contributed by atoms with Crippen molar-refractivity contribution in [2.45, 2.75) is 116 Å². The second-order valence-electron chi connectivity index (χ2n) is 11.0. The highest BCUT2D eigenvalue weighted by Gasteiger charge is 2.06. The first-order valence-electron chi connectivity index (χ1n) is 16.0. The average Bonchev–Trinajstić information content (AvgIpc) is 2.99. The monoisotopic (exact) mass is 598 g/mol. The van der Waals surface area contributed by atoms with E-state index in [4.69, 9.17) is 19.7 Å². The molecule has 0 bridgehead atoms. The van der Waals surface area contributed by atoms with Crippen LogP contribution in [-0.4, -0.2) is 40.2 Å². The minimum absolute atomic E-state index is 0.273. The van der Waals surface area contributed by atoms with Crippen molar-refractivity contribution in [3.8, 4) is 11.5 Å². The third-order valence-corrected chi connectivity index (χ3v) is 7.21. The molecule has 0 saturated carbocycles. The molecule has 0 aliphatic carbocycles. The zero-order chi connectivity index (χ0) is 31.0. The summed E-state index contributed by atoms with van der Waals surface area (Å²) in [5, 5.41) is 33.9. The molecule has 2 aromatic carbocycles. The third kappa shape index (κ3) is 18.5. The lowest BCUT2D eigenvalue weighted by Crippen LogP contribution is -1.98. The Bertz CT molecular complexity index is 1060.